The molecule has 0 aliphatic carbocycles. The molecule has 0 fully saturated rings. The van der Waals surface area contributed by atoms with Gasteiger partial charge < -0.3 is 19.7 Å². The summed E-state index contributed by atoms with van der Waals surface area (Å²) in [6.07, 6.45) is 1.05. The minimum Gasteiger partial charge on any atom is -0.497 e. The molecule has 4 nitrogen and oxygen atoms in total. The highest BCUT2D eigenvalue weighted by molar-refractivity contribution is 5.39. The summed E-state index contributed by atoms with van der Waals surface area (Å²) >= 11 is 0. The molecule has 0 heterocycles. The van der Waals surface area contributed by atoms with Crippen molar-refractivity contribution >= 4 is 0 Å². The molecule has 0 spiro atoms. The van der Waals surface area contributed by atoms with Crippen LogP contribution in [0, 0.1) is 0 Å². The molecule has 19 heavy (non-hydrogen) atoms. The summed E-state index contributed by atoms with van der Waals surface area (Å²) in [7, 11) is 7.55. The first kappa shape index (κ1) is 15.8. The third kappa shape index (κ3) is 5.09. The van der Waals surface area contributed by atoms with Crippen molar-refractivity contribution < 1.29 is 9.47 Å². The highest BCUT2D eigenvalue weighted by Gasteiger charge is 2.13. The number of hydrogen-bond donors (Lipinski definition) is 1. The molecule has 0 aliphatic heterocycles. The Bertz CT molecular complexity index is 358. The topological polar surface area (TPSA) is 33.7 Å². The predicted molar refractivity (Wildman–Crippen MR) is 79.1 cm³/mol. The van der Waals surface area contributed by atoms with E-state index in [-0.39, 0.29) is 0 Å². The van der Waals surface area contributed by atoms with E-state index >= 15 is 0 Å². The van der Waals surface area contributed by atoms with Crippen LogP contribution in [0.2, 0.25) is 0 Å². The molecular formula is C15H26N2O2. The van der Waals surface area contributed by atoms with Gasteiger partial charge in [-0.1, -0.05) is 6.92 Å². The lowest BCUT2D eigenvalue weighted by Gasteiger charge is -2.21. The van der Waals surface area contributed by atoms with Crippen LogP contribution in [-0.4, -0.2) is 46.3 Å². The van der Waals surface area contributed by atoms with Crippen molar-refractivity contribution in [2.24, 2.45) is 0 Å². The van der Waals surface area contributed by atoms with Gasteiger partial charge >= 0.3 is 0 Å². The van der Waals surface area contributed by atoms with E-state index in [0.29, 0.717) is 6.04 Å². The van der Waals surface area contributed by atoms with Crippen molar-refractivity contribution in [1.29, 1.82) is 0 Å². The second kappa shape index (κ2) is 8.02. The molecule has 1 unspecified atom stereocenters. The fourth-order valence-electron chi connectivity index (χ4n) is 2.05. The molecule has 0 amide bonds. The Hall–Kier alpha value is -1.26. The zero-order valence-corrected chi connectivity index (χ0v) is 12.7. The van der Waals surface area contributed by atoms with Crippen molar-refractivity contribution in [3.8, 4) is 11.5 Å². The average molecular weight is 266 g/mol. The third-order valence-electron chi connectivity index (χ3n) is 3.09. The molecule has 0 aromatic heterocycles. The Kier molecular flexibility index (Phi) is 6.67. The van der Waals surface area contributed by atoms with Gasteiger partial charge in [0, 0.05) is 12.1 Å². The summed E-state index contributed by atoms with van der Waals surface area (Å²) in [5.74, 6) is 1.67. The zero-order chi connectivity index (χ0) is 14.3. The van der Waals surface area contributed by atoms with Gasteiger partial charge in [0.1, 0.15) is 11.5 Å². The normalized spacial score (nSPS) is 12.5. The lowest BCUT2D eigenvalue weighted by atomic mass is 10.0. The van der Waals surface area contributed by atoms with Crippen LogP contribution in [0.3, 0.4) is 0 Å². The average Bonchev–Trinajstić information content (AvgIpc) is 2.42. The summed E-state index contributed by atoms with van der Waals surface area (Å²) in [6, 6.07) is 6.37. The second-order valence-corrected chi connectivity index (χ2v) is 4.85. The summed E-state index contributed by atoms with van der Waals surface area (Å²) in [6.45, 7) is 4.11. The van der Waals surface area contributed by atoms with Crippen LogP contribution >= 0.6 is 0 Å². The van der Waals surface area contributed by atoms with Gasteiger partial charge in [0.25, 0.3) is 0 Å². The summed E-state index contributed by atoms with van der Waals surface area (Å²) in [4.78, 5) is 2.20. The molecule has 0 saturated heterocycles. The Morgan fingerprint density at radius 1 is 1.11 bits per heavy atom. The van der Waals surface area contributed by atoms with Gasteiger partial charge in [0.2, 0.25) is 0 Å². The molecule has 0 saturated carbocycles. The van der Waals surface area contributed by atoms with Gasteiger partial charge in [0.05, 0.1) is 14.2 Å². The fraction of sp³-hybridized carbons (Fsp3) is 0.600. The number of nitrogens with one attached hydrogen (secondary N) is 1. The molecule has 1 aromatic rings. The van der Waals surface area contributed by atoms with E-state index in [1.165, 1.54) is 5.56 Å². The number of ether oxygens (including phenoxy) is 2. The standard InChI is InChI=1S/C15H26N2O2/c1-6-16-15(7-8-17(2)3)12-9-13(18-4)11-14(10-12)19-5/h9-11,15-16H,6-8H2,1-5H3. The van der Waals surface area contributed by atoms with Gasteiger partial charge in [-0.25, -0.2) is 0 Å². The van der Waals surface area contributed by atoms with E-state index in [0.717, 1.165) is 31.0 Å². The Labute approximate surface area is 116 Å². The van der Waals surface area contributed by atoms with Crippen LogP contribution in [0.15, 0.2) is 18.2 Å². The quantitative estimate of drug-likeness (QED) is 0.783. The third-order valence-corrected chi connectivity index (χ3v) is 3.09. The fourth-order valence-corrected chi connectivity index (χ4v) is 2.05. The van der Waals surface area contributed by atoms with Crippen LogP contribution in [0.25, 0.3) is 0 Å². The summed E-state index contributed by atoms with van der Waals surface area (Å²) < 4.78 is 10.7. The van der Waals surface area contributed by atoms with Crippen LogP contribution in [0.1, 0.15) is 24.9 Å². The number of hydrogen-bond acceptors (Lipinski definition) is 4. The first-order chi connectivity index (χ1) is 9.10. The zero-order valence-electron chi connectivity index (χ0n) is 12.7. The van der Waals surface area contributed by atoms with E-state index in [4.69, 9.17) is 9.47 Å². The molecule has 108 valence electrons. The van der Waals surface area contributed by atoms with Crippen molar-refractivity contribution in [2.45, 2.75) is 19.4 Å². The molecular weight excluding hydrogens is 240 g/mol. The minimum atomic E-state index is 0.316. The van der Waals surface area contributed by atoms with Crippen LogP contribution in [0.5, 0.6) is 11.5 Å². The maximum absolute atomic E-state index is 5.33. The maximum Gasteiger partial charge on any atom is 0.122 e. The molecule has 1 aromatic carbocycles. The first-order valence-corrected chi connectivity index (χ1v) is 6.71. The van der Waals surface area contributed by atoms with Crippen LogP contribution in [0.4, 0.5) is 0 Å². The SMILES string of the molecule is CCNC(CCN(C)C)c1cc(OC)cc(OC)c1. The number of rotatable bonds is 8. The number of methoxy groups -OCH3 is 2. The lowest BCUT2D eigenvalue weighted by molar-refractivity contribution is 0.359. The molecule has 0 radical (unpaired) electrons. The van der Waals surface area contributed by atoms with Crippen LogP contribution in [-0.2, 0) is 0 Å². The highest BCUT2D eigenvalue weighted by atomic mass is 16.5. The molecule has 0 aliphatic rings. The van der Waals surface area contributed by atoms with E-state index < -0.39 is 0 Å². The maximum atomic E-state index is 5.33. The van der Waals surface area contributed by atoms with E-state index in [1.54, 1.807) is 14.2 Å². The van der Waals surface area contributed by atoms with Gasteiger partial charge in [-0.15, -0.1) is 0 Å². The van der Waals surface area contributed by atoms with Crippen molar-refractivity contribution in [1.82, 2.24) is 10.2 Å². The van der Waals surface area contributed by atoms with Crippen molar-refractivity contribution in [3.05, 3.63) is 23.8 Å². The van der Waals surface area contributed by atoms with E-state index in [9.17, 15) is 0 Å². The Morgan fingerprint density at radius 3 is 2.11 bits per heavy atom. The van der Waals surface area contributed by atoms with Gasteiger partial charge in [-0.2, -0.15) is 0 Å². The number of benzene rings is 1. The number of nitrogens with zero attached hydrogens (tertiary/aromatic N) is 1. The van der Waals surface area contributed by atoms with Gasteiger partial charge in [-0.3, -0.25) is 0 Å². The first-order valence-electron chi connectivity index (χ1n) is 6.71. The molecule has 0 bridgehead atoms. The second-order valence-electron chi connectivity index (χ2n) is 4.85. The van der Waals surface area contributed by atoms with E-state index in [1.807, 2.05) is 6.07 Å². The molecule has 1 atom stereocenters. The van der Waals surface area contributed by atoms with Gasteiger partial charge in [0.15, 0.2) is 0 Å². The van der Waals surface area contributed by atoms with Crippen molar-refractivity contribution in [2.75, 3.05) is 41.4 Å². The van der Waals surface area contributed by atoms with E-state index in [2.05, 4.69) is 43.4 Å². The molecule has 1 rings (SSSR count). The van der Waals surface area contributed by atoms with Crippen LogP contribution < -0.4 is 14.8 Å². The predicted octanol–water partition coefficient (Wildman–Crippen LogP) is 2.31. The smallest absolute Gasteiger partial charge is 0.122 e. The Morgan fingerprint density at radius 2 is 1.68 bits per heavy atom. The lowest BCUT2D eigenvalue weighted by Crippen LogP contribution is -2.25. The highest BCUT2D eigenvalue weighted by Crippen LogP contribution is 2.27. The van der Waals surface area contributed by atoms with Crippen molar-refractivity contribution in [3.63, 3.8) is 0 Å². The molecule has 1 N–H and O–H groups in total. The largest absolute Gasteiger partial charge is 0.497 e. The molecule has 4 heteroatoms. The summed E-state index contributed by atoms with van der Waals surface area (Å²) in [5, 5.41) is 3.52. The van der Waals surface area contributed by atoms with Gasteiger partial charge in [-0.05, 0) is 51.3 Å². The Balaban J connectivity index is 2.92. The monoisotopic (exact) mass is 266 g/mol. The summed E-state index contributed by atoms with van der Waals surface area (Å²) in [5.41, 5.74) is 1.21. The minimum absolute atomic E-state index is 0.316.